The number of anilines is 1. The van der Waals surface area contributed by atoms with Gasteiger partial charge in [-0.1, -0.05) is 26.3 Å². The molecule has 0 spiro atoms. The van der Waals surface area contributed by atoms with Crippen LogP contribution in [0.25, 0.3) is 0 Å². The highest BCUT2D eigenvalue weighted by Crippen LogP contribution is 2.64. The van der Waals surface area contributed by atoms with Gasteiger partial charge in [-0.05, 0) is 110 Å². The predicted octanol–water partition coefficient (Wildman–Crippen LogP) is 6.74. The second kappa shape index (κ2) is 8.19. The summed E-state index contributed by atoms with van der Waals surface area (Å²) in [5.41, 5.74) is 0.970. The van der Waals surface area contributed by atoms with Crippen LogP contribution in [-0.2, 0) is 4.79 Å². The van der Waals surface area contributed by atoms with Gasteiger partial charge in [0.15, 0.2) is 5.78 Å². The third kappa shape index (κ3) is 3.74. The molecule has 0 radical (unpaired) electrons. The average molecular weight is 426 g/mol. The Bertz CT molecular complexity index is 823. The zero-order valence-electron chi connectivity index (χ0n) is 19.7. The highest BCUT2D eigenvalue weighted by atomic mass is 19.1. The van der Waals surface area contributed by atoms with E-state index in [1.54, 1.807) is 6.07 Å². The molecule has 31 heavy (non-hydrogen) atoms. The van der Waals surface area contributed by atoms with Crippen molar-refractivity contribution >= 4 is 11.5 Å². The summed E-state index contributed by atoms with van der Waals surface area (Å²) in [6.45, 7) is 5.29. The van der Waals surface area contributed by atoms with Crippen molar-refractivity contribution < 1.29 is 9.18 Å². The molecule has 5 rings (SSSR count). The number of carbonyl (C=O) groups excluding carboxylic acids is 1. The molecule has 4 saturated carbocycles. The first-order valence-corrected chi connectivity index (χ1v) is 12.9. The van der Waals surface area contributed by atoms with E-state index >= 15 is 0 Å². The number of carbonyl (C=O) groups is 1. The Hall–Kier alpha value is -1.38. The molecule has 4 aliphatic rings. The maximum Gasteiger partial charge on any atom is 0.155 e. The van der Waals surface area contributed by atoms with Crippen LogP contribution in [-0.4, -0.2) is 19.4 Å². The van der Waals surface area contributed by atoms with E-state index in [9.17, 15) is 9.18 Å². The van der Waals surface area contributed by atoms with E-state index in [1.807, 2.05) is 18.0 Å². The molecule has 3 heteroatoms. The number of hydrogen-bond acceptors (Lipinski definition) is 2. The van der Waals surface area contributed by atoms with E-state index in [1.165, 1.54) is 63.5 Å². The monoisotopic (exact) mass is 425 g/mol. The van der Waals surface area contributed by atoms with Crippen LogP contribution in [0.4, 0.5) is 10.1 Å². The van der Waals surface area contributed by atoms with Crippen molar-refractivity contribution in [2.45, 2.75) is 71.6 Å². The van der Waals surface area contributed by atoms with Gasteiger partial charge in [-0.15, -0.1) is 0 Å². The van der Waals surface area contributed by atoms with Gasteiger partial charge in [0.2, 0.25) is 0 Å². The molecule has 2 nitrogen and oxygen atoms in total. The smallest absolute Gasteiger partial charge is 0.155 e. The lowest BCUT2D eigenvalue weighted by Gasteiger charge is -2.56. The topological polar surface area (TPSA) is 20.3 Å². The van der Waals surface area contributed by atoms with E-state index in [-0.39, 0.29) is 17.2 Å². The van der Waals surface area contributed by atoms with Gasteiger partial charge in [0, 0.05) is 18.7 Å². The first-order valence-electron chi connectivity index (χ1n) is 12.9. The quantitative estimate of drug-likeness (QED) is 0.533. The largest absolute Gasteiger partial charge is 0.367 e. The number of ketones is 1. The molecule has 0 aliphatic heterocycles. The van der Waals surface area contributed by atoms with Gasteiger partial charge in [0.25, 0.3) is 0 Å². The van der Waals surface area contributed by atoms with E-state index in [0.717, 1.165) is 47.6 Å². The molecule has 1 aromatic carbocycles. The number of nitrogens with zero attached hydrogens (tertiary/aromatic N) is 1. The van der Waals surface area contributed by atoms with Gasteiger partial charge in [0.1, 0.15) is 5.82 Å². The zero-order chi connectivity index (χ0) is 21.8. The van der Waals surface area contributed by atoms with E-state index < -0.39 is 0 Å². The van der Waals surface area contributed by atoms with Crippen molar-refractivity contribution in [2.24, 2.45) is 46.8 Å². The second-order valence-corrected chi connectivity index (χ2v) is 11.8. The molecular weight excluding hydrogens is 385 g/mol. The number of hydrogen-bond donors (Lipinski definition) is 0. The van der Waals surface area contributed by atoms with E-state index in [4.69, 9.17) is 0 Å². The van der Waals surface area contributed by atoms with Gasteiger partial charge in [-0.3, -0.25) is 4.79 Å². The van der Waals surface area contributed by atoms with Crippen molar-refractivity contribution in [2.75, 3.05) is 18.5 Å². The fraction of sp³-hybridized carbons (Fsp3) is 0.750. The molecule has 170 valence electrons. The van der Waals surface area contributed by atoms with Crippen LogP contribution in [0.15, 0.2) is 24.3 Å². The first kappa shape index (κ1) is 21.5. The van der Waals surface area contributed by atoms with Gasteiger partial charge in [-0.25, -0.2) is 4.39 Å². The highest BCUT2D eigenvalue weighted by molar-refractivity contribution is 5.86. The number of rotatable bonds is 4. The SMILES string of the molecule is CC1CCC2C(CCC3C2CCC2(C)C(C(=O)CN(C)c4cccc(F)c4)CCC32)C1. The highest BCUT2D eigenvalue weighted by Gasteiger charge is 2.58. The third-order valence-electron chi connectivity index (χ3n) is 10.2. The Morgan fingerprint density at radius 1 is 1.06 bits per heavy atom. The van der Waals surface area contributed by atoms with Crippen molar-refractivity contribution in [3.63, 3.8) is 0 Å². The maximum atomic E-state index is 13.6. The molecule has 0 saturated heterocycles. The summed E-state index contributed by atoms with van der Waals surface area (Å²) in [5, 5.41) is 0. The molecule has 0 N–H and O–H groups in total. The molecule has 0 amide bonds. The Labute approximate surface area is 188 Å². The van der Waals surface area contributed by atoms with Crippen LogP contribution < -0.4 is 4.90 Å². The number of fused-ring (bicyclic) bond motifs is 5. The molecule has 0 aromatic heterocycles. The van der Waals surface area contributed by atoms with Crippen LogP contribution in [0, 0.1) is 52.7 Å². The molecule has 0 bridgehead atoms. The minimum Gasteiger partial charge on any atom is -0.367 e. The number of halogens is 1. The van der Waals surface area contributed by atoms with Gasteiger partial charge >= 0.3 is 0 Å². The summed E-state index contributed by atoms with van der Waals surface area (Å²) in [5.74, 6) is 5.70. The Balaban J connectivity index is 1.28. The van der Waals surface area contributed by atoms with E-state index in [2.05, 4.69) is 13.8 Å². The minimum absolute atomic E-state index is 0.176. The van der Waals surface area contributed by atoms with Crippen LogP contribution in [0.1, 0.15) is 71.6 Å². The molecule has 0 heterocycles. The summed E-state index contributed by atoms with van der Waals surface area (Å²) in [6, 6.07) is 6.61. The lowest BCUT2D eigenvalue weighted by molar-refractivity contribution is -0.129. The normalized spacial score (nSPS) is 41.7. The maximum absolute atomic E-state index is 13.6. The van der Waals surface area contributed by atoms with Crippen LogP contribution >= 0.6 is 0 Å². The lowest BCUT2D eigenvalue weighted by Crippen LogP contribution is -2.50. The summed E-state index contributed by atoms with van der Waals surface area (Å²) in [4.78, 5) is 15.4. The molecular formula is C28H40FNO. The van der Waals surface area contributed by atoms with Gasteiger partial charge in [0.05, 0.1) is 6.54 Å². The van der Waals surface area contributed by atoms with E-state index in [0.29, 0.717) is 12.3 Å². The van der Waals surface area contributed by atoms with Crippen LogP contribution in [0.3, 0.4) is 0 Å². The molecule has 1 aromatic rings. The van der Waals surface area contributed by atoms with Crippen LogP contribution in [0.2, 0.25) is 0 Å². The molecule has 8 unspecified atom stereocenters. The molecule has 8 atom stereocenters. The summed E-state index contributed by atoms with van der Waals surface area (Å²) in [6.07, 6.45) is 12.1. The minimum atomic E-state index is -0.240. The Kier molecular flexibility index (Phi) is 5.67. The van der Waals surface area contributed by atoms with Crippen molar-refractivity contribution in [3.8, 4) is 0 Å². The predicted molar refractivity (Wildman–Crippen MR) is 124 cm³/mol. The summed E-state index contributed by atoms with van der Waals surface area (Å²) < 4.78 is 13.6. The van der Waals surface area contributed by atoms with Gasteiger partial charge < -0.3 is 4.90 Å². The third-order valence-corrected chi connectivity index (χ3v) is 10.2. The van der Waals surface area contributed by atoms with Crippen molar-refractivity contribution in [1.82, 2.24) is 0 Å². The zero-order valence-corrected chi connectivity index (χ0v) is 19.7. The average Bonchev–Trinajstić information content (AvgIpc) is 3.10. The summed E-state index contributed by atoms with van der Waals surface area (Å²) in [7, 11) is 1.92. The van der Waals surface area contributed by atoms with Gasteiger partial charge in [-0.2, -0.15) is 0 Å². The number of likely N-dealkylation sites (N-methyl/N-ethyl adjacent to an activating group) is 1. The van der Waals surface area contributed by atoms with Crippen molar-refractivity contribution in [1.29, 1.82) is 0 Å². The van der Waals surface area contributed by atoms with Crippen LogP contribution in [0.5, 0.6) is 0 Å². The Morgan fingerprint density at radius 3 is 2.68 bits per heavy atom. The summed E-state index contributed by atoms with van der Waals surface area (Å²) >= 11 is 0. The second-order valence-electron chi connectivity index (χ2n) is 11.8. The Morgan fingerprint density at radius 2 is 1.87 bits per heavy atom. The fourth-order valence-electron chi connectivity index (χ4n) is 8.77. The van der Waals surface area contributed by atoms with Crippen molar-refractivity contribution in [3.05, 3.63) is 30.1 Å². The lowest BCUT2D eigenvalue weighted by atomic mass is 9.49. The molecule has 4 aliphatic carbocycles. The number of Topliss-reactive ketones (excluding diaryl/α,β-unsaturated/α-hetero) is 1. The number of benzene rings is 1. The fourth-order valence-corrected chi connectivity index (χ4v) is 8.77. The first-order chi connectivity index (χ1) is 14.9. The standard InChI is InChI=1S/C28H40FNO/c1-18-7-9-22-19(15-18)8-10-24-23(22)13-14-28(2)25(24)11-12-26(28)27(31)17-30(3)21-6-4-5-20(29)16-21/h4-6,16,18-19,22-26H,7-15,17H2,1-3H3. The molecule has 4 fully saturated rings.